The molecule has 9 aromatic carbocycles. The molecule has 1 atom stereocenters. The van der Waals surface area contributed by atoms with Gasteiger partial charge in [0.2, 0.25) is 0 Å². The maximum Gasteiger partial charge on any atom is 0.160 e. The molecule has 3 heterocycles. The summed E-state index contributed by atoms with van der Waals surface area (Å²) in [7, 11) is 0. The molecule has 4 heteroatoms. The van der Waals surface area contributed by atoms with Gasteiger partial charge in [0.15, 0.2) is 5.84 Å². The molecule has 0 saturated carbocycles. The first-order valence-corrected chi connectivity index (χ1v) is 21.9. The number of rotatable bonds is 5. The van der Waals surface area contributed by atoms with Gasteiger partial charge in [-0.1, -0.05) is 159 Å². The average Bonchev–Trinajstić information content (AvgIpc) is 3.86. The van der Waals surface area contributed by atoms with E-state index in [2.05, 4.69) is 212 Å². The highest BCUT2D eigenvalue weighted by molar-refractivity contribution is 7.26. The third kappa shape index (κ3) is 6.02. The third-order valence-electron chi connectivity index (χ3n) is 12.4. The highest BCUT2D eigenvalue weighted by Gasteiger charge is 2.24. The molecule has 0 radical (unpaired) electrons. The zero-order chi connectivity index (χ0) is 40.4. The summed E-state index contributed by atoms with van der Waals surface area (Å²) in [6, 6.07) is 70.3. The van der Waals surface area contributed by atoms with E-state index in [0.717, 1.165) is 46.0 Å². The van der Waals surface area contributed by atoms with E-state index in [4.69, 9.17) is 9.98 Å². The Bertz CT molecular complexity index is 3640. The van der Waals surface area contributed by atoms with Gasteiger partial charge in [0, 0.05) is 43.3 Å². The van der Waals surface area contributed by atoms with Crippen molar-refractivity contribution >= 4 is 92.1 Å². The van der Waals surface area contributed by atoms with Crippen LogP contribution in [0.15, 0.2) is 210 Å². The third-order valence-corrected chi connectivity index (χ3v) is 13.6. The lowest BCUT2D eigenvalue weighted by atomic mass is 9.91. The molecule has 1 aliphatic rings. The Balaban J connectivity index is 1.13. The number of aliphatic imine (C=N–C) groups is 2. The van der Waals surface area contributed by atoms with Crippen molar-refractivity contribution in [1.82, 2.24) is 4.57 Å². The van der Waals surface area contributed by atoms with E-state index in [0.29, 0.717) is 0 Å². The van der Waals surface area contributed by atoms with Crippen molar-refractivity contribution in [3.63, 3.8) is 0 Å². The molecule has 0 spiro atoms. The number of amidine groups is 1. The molecule has 0 amide bonds. The van der Waals surface area contributed by atoms with Gasteiger partial charge < -0.3 is 4.57 Å². The molecule has 12 rings (SSSR count). The predicted octanol–water partition coefficient (Wildman–Crippen LogP) is 15.4. The summed E-state index contributed by atoms with van der Waals surface area (Å²) in [6.07, 6.45) is 3.13. The number of hydrogen-bond donors (Lipinski definition) is 0. The van der Waals surface area contributed by atoms with Crippen molar-refractivity contribution in [3.05, 3.63) is 217 Å². The minimum Gasteiger partial charge on any atom is -0.308 e. The van der Waals surface area contributed by atoms with E-state index in [-0.39, 0.29) is 5.92 Å². The molecule has 2 aromatic heterocycles. The molecule has 0 saturated heterocycles. The van der Waals surface area contributed by atoms with Crippen LogP contribution >= 0.6 is 11.3 Å². The average molecular weight is 798 g/mol. The topological polar surface area (TPSA) is 29.6 Å². The van der Waals surface area contributed by atoms with E-state index < -0.39 is 0 Å². The first kappa shape index (κ1) is 35.5. The zero-order valence-electron chi connectivity index (χ0n) is 33.6. The van der Waals surface area contributed by atoms with Gasteiger partial charge in [-0.3, -0.25) is 0 Å². The van der Waals surface area contributed by atoms with E-state index in [1.54, 1.807) is 0 Å². The fraction of sp³-hybridized carbons (Fsp3) is 0.0526. The number of nitrogens with zero attached hydrogens (tertiary/aromatic N) is 3. The highest BCUT2D eigenvalue weighted by Crippen LogP contribution is 2.44. The molecule has 0 N–H and O–H groups in total. The van der Waals surface area contributed by atoms with Crippen molar-refractivity contribution in [1.29, 1.82) is 0 Å². The van der Waals surface area contributed by atoms with Crippen LogP contribution in [0.4, 0.5) is 0 Å². The number of aromatic nitrogens is 1. The van der Waals surface area contributed by atoms with Gasteiger partial charge in [0.05, 0.1) is 32.8 Å². The van der Waals surface area contributed by atoms with Crippen molar-refractivity contribution < 1.29 is 0 Å². The van der Waals surface area contributed by atoms with E-state index >= 15 is 0 Å². The van der Waals surface area contributed by atoms with Crippen LogP contribution in [-0.4, -0.2) is 16.1 Å². The van der Waals surface area contributed by atoms with Crippen LogP contribution in [0.2, 0.25) is 0 Å². The van der Waals surface area contributed by atoms with Crippen molar-refractivity contribution in [2.24, 2.45) is 15.9 Å². The quantitative estimate of drug-likeness (QED) is 0.166. The number of allylic oxidation sites excluding steroid dienone is 1. The zero-order valence-corrected chi connectivity index (χ0v) is 34.4. The van der Waals surface area contributed by atoms with E-state index in [1.165, 1.54) is 74.6 Å². The minimum atomic E-state index is 0.139. The van der Waals surface area contributed by atoms with Crippen molar-refractivity contribution in [2.75, 3.05) is 0 Å². The van der Waals surface area contributed by atoms with E-state index in [1.807, 2.05) is 11.3 Å². The Labute approximate surface area is 357 Å². The van der Waals surface area contributed by atoms with Gasteiger partial charge >= 0.3 is 0 Å². The van der Waals surface area contributed by atoms with Crippen LogP contribution in [0.3, 0.4) is 0 Å². The molecular formula is C57H39N3S. The molecular weight excluding hydrogens is 759 g/mol. The molecule has 0 unspecified atom stereocenters. The fourth-order valence-electron chi connectivity index (χ4n) is 9.39. The lowest BCUT2D eigenvalue weighted by Gasteiger charge is -2.20. The molecule has 61 heavy (non-hydrogen) atoms. The second kappa shape index (κ2) is 14.4. The Morgan fingerprint density at radius 3 is 2.03 bits per heavy atom. The summed E-state index contributed by atoms with van der Waals surface area (Å²) in [6.45, 7) is 2.30. The standard InChI is InChI=1S/C57H39N3S/c1-36-26-30-49(43-21-13-20-40(32-43)37-14-3-2-4-15-37)58-57(59-55(36)44-28-27-38-16-5-6-17-39(38)33-44)47-29-31-51(56-54(47)46-23-10-12-25-53(46)61-56)60-50-24-11-9-22-45(50)48-34-41-18-7-8-19-42(41)35-52(48)60/h2-25,27-36H,26H2,1H3/b49-30+,58-57-,59-55+/t36-/m1/s1. The Kier molecular flexibility index (Phi) is 8.39. The molecule has 288 valence electrons. The number of para-hydroxylation sites is 1. The normalized spacial score (nSPS) is 17.3. The number of thiophene rings is 1. The smallest absolute Gasteiger partial charge is 0.160 e. The molecule has 1 aliphatic heterocycles. The maximum absolute atomic E-state index is 5.71. The minimum absolute atomic E-state index is 0.139. The van der Waals surface area contributed by atoms with Crippen LogP contribution in [-0.2, 0) is 0 Å². The van der Waals surface area contributed by atoms with Crippen LogP contribution in [0, 0.1) is 5.92 Å². The van der Waals surface area contributed by atoms with Crippen molar-refractivity contribution in [2.45, 2.75) is 13.3 Å². The largest absolute Gasteiger partial charge is 0.308 e. The summed E-state index contributed by atoms with van der Waals surface area (Å²) < 4.78 is 4.93. The second-order valence-corrected chi connectivity index (χ2v) is 17.2. The van der Waals surface area contributed by atoms with Gasteiger partial charge in [-0.15, -0.1) is 11.3 Å². The summed E-state index contributed by atoms with van der Waals surface area (Å²) >= 11 is 1.85. The Morgan fingerprint density at radius 1 is 0.492 bits per heavy atom. The predicted molar refractivity (Wildman–Crippen MR) is 262 cm³/mol. The number of fused-ring (bicyclic) bond motifs is 8. The van der Waals surface area contributed by atoms with Gasteiger partial charge in [0.1, 0.15) is 0 Å². The van der Waals surface area contributed by atoms with Crippen LogP contribution in [0.25, 0.3) is 86.0 Å². The number of benzene rings is 9. The first-order valence-electron chi connectivity index (χ1n) is 21.0. The Hall–Kier alpha value is -7.40. The van der Waals surface area contributed by atoms with Crippen LogP contribution < -0.4 is 0 Å². The van der Waals surface area contributed by atoms with Crippen LogP contribution in [0.5, 0.6) is 0 Å². The second-order valence-electron chi connectivity index (χ2n) is 16.2. The maximum atomic E-state index is 5.71. The van der Waals surface area contributed by atoms with Crippen molar-refractivity contribution in [3.8, 4) is 16.8 Å². The van der Waals surface area contributed by atoms with Gasteiger partial charge in [0.25, 0.3) is 0 Å². The molecule has 3 nitrogen and oxygen atoms in total. The first-order chi connectivity index (χ1) is 30.1. The summed E-state index contributed by atoms with van der Waals surface area (Å²) in [5.74, 6) is 0.861. The summed E-state index contributed by atoms with van der Waals surface area (Å²) in [4.78, 5) is 11.3. The summed E-state index contributed by atoms with van der Waals surface area (Å²) in [5, 5.41) is 9.79. The molecule has 0 bridgehead atoms. The highest BCUT2D eigenvalue weighted by atomic mass is 32.1. The molecule has 0 aliphatic carbocycles. The lowest BCUT2D eigenvalue weighted by Crippen LogP contribution is -2.17. The lowest BCUT2D eigenvalue weighted by molar-refractivity contribution is 0.790. The summed E-state index contributed by atoms with van der Waals surface area (Å²) in [5.41, 5.74) is 11.1. The van der Waals surface area contributed by atoms with E-state index in [9.17, 15) is 0 Å². The monoisotopic (exact) mass is 797 g/mol. The number of hydrogen-bond acceptors (Lipinski definition) is 3. The Morgan fingerprint density at radius 2 is 1.18 bits per heavy atom. The van der Waals surface area contributed by atoms with Gasteiger partial charge in [-0.05, 0) is 93.2 Å². The SMILES string of the molecule is C[C@@H]1C/C=C(c2cccc(-c3ccccc3)c2)/N=C(c2ccc(-n3c4ccccc4c4cc5ccccc5cc43)c3sc4ccccc4c23)\N=C/1c1ccc2ccccc2c1. The van der Waals surface area contributed by atoms with Gasteiger partial charge in [-0.2, -0.15) is 0 Å². The van der Waals surface area contributed by atoms with Crippen LogP contribution in [0.1, 0.15) is 30.0 Å². The fourth-order valence-corrected chi connectivity index (χ4v) is 10.6. The molecule has 11 aromatic rings. The van der Waals surface area contributed by atoms with Gasteiger partial charge in [-0.25, -0.2) is 9.98 Å². The molecule has 0 fully saturated rings.